The highest BCUT2D eigenvalue weighted by Gasteiger charge is 2.87. The fraction of sp³-hybridized carbons (Fsp3) is 0.750. The minimum Gasteiger partial charge on any atom is -0.199 e. The predicted octanol–water partition coefficient (Wildman–Crippen LogP) is 5.26. The highest BCUT2D eigenvalue weighted by atomic mass is 35.5. The molecule has 0 saturated carbocycles. The molecule has 1 aliphatic rings. The van der Waals surface area contributed by atoms with Gasteiger partial charge in [0.2, 0.25) is 0 Å². The van der Waals surface area contributed by atoms with Crippen molar-refractivity contribution in [2.24, 2.45) is 0 Å². The summed E-state index contributed by atoms with van der Waals surface area (Å²) in [6.45, 7) is 0. The number of allylic oxidation sites excluding steroid dienone is 2. The maximum atomic E-state index is 13.1. The first-order valence-electron chi connectivity index (χ1n) is 4.47. The number of rotatable bonds is 0. The van der Waals surface area contributed by atoms with Gasteiger partial charge in [-0.15, -0.1) is 0 Å². The predicted molar refractivity (Wildman–Crippen MR) is 48.1 cm³/mol. The average Bonchev–Trinajstić information content (AvgIpc) is 2.24. The Bertz CT molecular complexity index is 452. The van der Waals surface area contributed by atoms with E-state index in [-0.39, 0.29) is 0 Å². The first kappa shape index (κ1) is 17.7. The molecule has 118 valence electrons. The van der Waals surface area contributed by atoms with Crippen LogP contribution in [0.4, 0.5) is 43.9 Å². The van der Waals surface area contributed by atoms with Crippen molar-refractivity contribution in [1.82, 2.24) is 0 Å². The maximum Gasteiger partial charge on any atom is 0.384 e. The minimum absolute atomic E-state index is 1.96. The summed E-state index contributed by atoms with van der Waals surface area (Å²) in [5, 5.41) is -4.50. The van der Waals surface area contributed by atoms with Crippen LogP contribution in [-0.4, -0.2) is 29.6 Å². The number of halogens is 12. The SMILES string of the molecule is FC1(F)C/C(Cl)=C(/Cl)C(F)(F)C(F)(F)C(F)(F)C1(F)F. The molecule has 0 aliphatic heterocycles. The van der Waals surface area contributed by atoms with Crippen LogP contribution in [0.15, 0.2) is 10.1 Å². The number of hydrogen-bond acceptors (Lipinski definition) is 0. The second-order valence-corrected chi connectivity index (χ2v) is 4.73. The smallest absolute Gasteiger partial charge is 0.199 e. The lowest BCUT2D eigenvalue weighted by Crippen LogP contribution is -2.68. The Morgan fingerprint density at radius 3 is 1.45 bits per heavy atom. The van der Waals surface area contributed by atoms with Crippen molar-refractivity contribution in [1.29, 1.82) is 0 Å². The Morgan fingerprint density at radius 2 is 1.05 bits per heavy atom. The van der Waals surface area contributed by atoms with E-state index in [9.17, 15) is 43.9 Å². The second-order valence-electron chi connectivity index (χ2n) is 3.90. The van der Waals surface area contributed by atoms with Crippen LogP contribution in [0.5, 0.6) is 0 Å². The lowest BCUT2D eigenvalue weighted by Gasteiger charge is -2.41. The van der Waals surface area contributed by atoms with E-state index in [2.05, 4.69) is 11.6 Å². The summed E-state index contributed by atoms with van der Waals surface area (Å²) in [6.07, 6.45) is -2.54. The highest BCUT2D eigenvalue weighted by molar-refractivity contribution is 6.39. The molecule has 0 saturated heterocycles. The van der Waals surface area contributed by atoms with Gasteiger partial charge in [0.05, 0.1) is 6.42 Å². The van der Waals surface area contributed by atoms with Gasteiger partial charge in [-0.2, -0.15) is 43.9 Å². The Labute approximate surface area is 114 Å². The van der Waals surface area contributed by atoms with Crippen molar-refractivity contribution in [3.8, 4) is 0 Å². The second kappa shape index (κ2) is 4.31. The molecule has 0 bridgehead atoms. The molecule has 0 heterocycles. The maximum absolute atomic E-state index is 13.1. The summed E-state index contributed by atoms with van der Waals surface area (Å²) < 4.78 is 130. The van der Waals surface area contributed by atoms with E-state index in [1.807, 2.05) is 0 Å². The van der Waals surface area contributed by atoms with Gasteiger partial charge in [-0.3, -0.25) is 0 Å². The highest BCUT2D eigenvalue weighted by Crippen LogP contribution is 2.62. The van der Waals surface area contributed by atoms with Crippen LogP contribution in [0.2, 0.25) is 0 Å². The molecule has 0 unspecified atom stereocenters. The molecule has 0 nitrogen and oxygen atoms in total. The van der Waals surface area contributed by atoms with Crippen molar-refractivity contribution in [3.05, 3.63) is 10.1 Å². The third-order valence-corrected chi connectivity index (χ3v) is 3.42. The van der Waals surface area contributed by atoms with Crippen LogP contribution in [0.25, 0.3) is 0 Å². The van der Waals surface area contributed by atoms with Crippen molar-refractivity contribution < 1.29 is 43.9 Å². The zero-order valence-electron chi connectivity index (χ0n) is 8.74. The van der Waals surface area contributed by atoms with Gasteiger partial charge in [0.1, 0.15) is 5.03 Å². The number of hydrogen-bond donors (Lipinski definition) is 0. The van der Waals surface area contributed by atoms with E-state index in [0.29, 0.717) is 0 Å². The van der Waals surface area contributed by atoms with Gasteiger partial charge in [0.25, 0.3) is 0 Å². The fourth-order valence-corrected chi connectivity index (χ4v) is 1.79. The van der Waals surface area contributed by atoms with E-state index < -0.39 is 46.1 Å². The third-order valence-electron chi connectivity index (χ3n) is 2.53. The molecular formula is C8H2Cl2F10. The molecule has 0 amide bonds. The molecule has 0 aromatic rings. The molecule has 0 spiro atoms. The normalized spacial score (nSPS) is 34.2. The first-order valence-corrected chi connectivity index (χ1v) is 5.23. The summed E-state index contributed by atoms with van der Waals surface area (Å²) in [6, 6.07) is 0. The number of alkyl halides is 10. The summed E-state index contributed by atoms with van der Waals surface area (Å²) in [5.74, 6) is -32.6. The molecule has 1 aliphatic carbocycles. The molecule has 20 heavy (non-hydrogen) atoms. The molecule has 0 fully saturated rings. The Morgan fingerprint density at radius 1 is 0.650 bits per heavy atom. The summed E-state index contributed by atoms with van der Waals surface area (Å²) in [4.78, 5) is 0. The van der Waals surface area contributed by atoms with Crippen LogP contribution in [0.1, 0.15) is 6.42 Å². The molecule has 0 aromatic carbocycles. The first-order chi connectivity index (χ1) is 8.54. The largest absolute Gasteiger partial charge is 0.384 e. The molecule has 0 atom stereocenters. The molecule has 0 radical (unpaired) electrons. The van der Waals surface area contributed by atoms with Gasteiger partial charge in [-0.25, -0.2) is 0 Å². The van der Waals surface area contributed by atoms with Gasteiger partial charge in [-0.05, 0) is 0 Å². The summed E-state index contributed by atoms with van der Waals surface area (Å²) in [7, 11) is 0. The van der Waals surface area contributed by atoms with Gasteiger partial charge in [0, 0.05) is 5.03 Å². The van der Waals surface area contributed by atoms with Crippen molar-refractivity contribution in [2.75, 3.05) is 0 Å². The van der Waals surface area contributed by atoms with Crippen LogP contribution in [-0.2, 0) is 0 Å². The van der Waals surface area contributed by atoms with Gasteiger partial charge in [-0.1, -0.05) is 23.2 Å². The van der Waals surface area contributed by atoms with Gasteiger partial charge in [0.15, 0.2) is 0 Å². The Balaban J connectivity index is 3.76. The summed E-state index contributed by atoms with van der Waals surface area (Å²) in [5.41, 5.74) is 0. The molecule has 12 heteroatoms. The lowest BCUT2D eigenvalue weighted by atomic mass is 9.89. The third kappa shape index (κ3) is 1.90. The zero-order chi connectivity index (χ0) is 16.4. The monoisotopic (exact) mass is 358 g/mol. The standard InChI is InChI=1S/C8H2Cl2F10/c9-2-1-4(11,12)6(15,16)8(19,20)7(17,18)5(13,14)3(2)10/h1H2/b3-2-. The van der Waals surface area contributed by atoms with Crippen LogP contribution in [0.3, 0.4) is 0 Å². The van der Waals surface area contributed by atoms with E-state index in [1.54, 1.807) is 0 Å². The molecule has 0 aromatic heterocycles. The van der Waals surface area contributed by atoms with Crippen molar-refractivity contribution in [3.63, 3.8) is 0 Å². The molecule has 0 N–H and O–H groups in total. The quantitative estimate of drug-likeness (QED) is 0.518. The van der Waals surface area contributed by atoms with Gasteiger partial charge < -0.3 is 0 Å². The zero-order valence-corrected chi connectivity index (χ0v) is 10.3. The van der Waals surface area contributed by atoms with E-state index >= 15 is 0 Å². The topological polar surface area (TPSA) is 0 Å². The average molecular weight is 359 g/mol. The summed E-state index contributed by atoms with van der Waals surface area (Å²) >= 11 is 9.31. The Kier molecular flexibility index (Phi) is 3.81. The van der Waals surface area contributed by atoms with E-state index in [0.717, 1.165) is 0 Å². The van der Waals surface area contributed by atoms with Crippen LogP contribution in [0, 0.1) is 0 Å². The van der Waals surface area contributed by atoms with Crippen LogP contribution >= 0.6 is 23.2 Å². The van der Waals surface area contributed by atoms with E-state index in [4.69, 9.17) is 11.6 Å². The van der Waals surface area contributed by atoms with Crippen molar-refractivity contribution >= 4 is 23.2 Å². The van der Waals surface area contributed by atoms with E-state index in [1.165, 1.54) is 0 Å². The Hall–Kier alpha value is -0.380. The van der Waals surface area contributed by atoms with Crippen molar-refractivity contribution in [2.45, 2.75) is 36.0 Å². The van der Waals surface area contributed by atoms with Crippen LogP contribution < -0.4 is 0 Å². The fourth-order valence-electron chi connectivity index (χ4n) is 1.32. The minimum atomic E-state index is -7.06. The molecular weight excluding hydrogens is 357 g/mol. The molecule has 1 rings (SSSR count). The van der Waals surface area contributed by atoms with Gasteiger partial charge >= 0.3 is 29.6 Å². The lowest BCUT2D eigenvalue weighted by molar-refractivity contribution is -0.396.